The van der Waals surface area contributed by atoms with Gasteiger partial charge in [-0.3, -0.25) is 14.5 Å². The lowest BCUT2D eigenvalue weighted by atomic mass is 9.93. The molecule has 0 bridgehead atoms. The van der Waals surface area contributed by atoms with Gasteiger partial charge in [-0.1, -0.05) is 24.3 Å². The summed E-state index contributed by atoms with van der Waals surface area (Å²) < 4.78 is 26.2. The number of amides is 2. The molecule has 130 valence electrons. The van der Waals surface area contributed by atoms with Crippen LogP contribution in [0, 0.1) is 11.6 Å². The number of nitrogens with zero attached hydrogens (tertiary/aromatic N) is 1. The lowest BCUT2D eigenvalue weighted by Gasteiger charge is -2.34. The number of hydrogen-bond donors (Lipinski definition) is 2. The summed E-state index contributed by atoms with van der Waals surface area (Å²) in [6, 6.07) is 10.2. The molecule has 5 nitrogen and oxygen atoms in total. The van der Waals surface area contributed by atoms with E-state index in [1.54, 1.807) is 4.90 Å². The van der Waals surface area contributed by atoms with Crippen molar-refractivity contribution in [1.82, 2.24) is 4.90 Å². The van der Waals surface area contributed by atoms with Crippen molar-refractivity contribution in [3.63, 3.8) is 0 Å². The van der Waals surface area contributed by atoms with E-state index in [4.69, 9.17) is 5.73 Å². The van der Waals surface area contributed by atoms with Gasteiger partial charge >= 0.3 is 0 Å². The van der Waals surface area contributed by atoms with Crippen LogP contribution in [0.4, 0.5) is 14.5 Å². The fraction of sp³-hybridized carbons (Fsp3) is 0.222. The number of carbonyl (C=O) groups is 2. The van der Waals surface area contributed by atoms with Crippen LogP contribution in [0.2, 0.25) is 0 Å². The quantitative estimate of drug-likeness (QED) is 0.887. The highest BCUT2D eigenvalue weighted by atomic mass is 19.2. The molecule has 0 radical (unpaired) electrons. The molecule has 1 atom stereocenters. The Bertz CT molecular complexity index is 826. The summed E-state index contributed by atoms with van der Waals surface area (Å²) in [6.07, 6.45) is 0.434. The van der Waals surface area contributed by atoms with Gasteiger partial charge in [0, 0.05) is 18.3 Å². The second kappa shape index (κ2) is 6.98. The molecule has 0 unspecified atom stereocenters. The maximum atomic E-state index is 13.2. The summed E-state index contributed by atoms with van der Waals surface area (Å²) in [5.74, 6) is -2.97. The van der Waals surface area contributed by atoms with Gasteiger partial charge < -0.3 is 11.1 Å². The molecule has 0 aromatic heterocycles. The first kappa shape index (κ1) is 17.0. The highest BCUT2D eigenvalue weighted by Gasteiger charge is 2.31. The molecule has 0 aliphatic carbocycles. The molecule has 2 amide bonds. The Labute approximate surface area is 143 Å². The van der Waals surface area contributed by atoms with Crippen LogP contribution in [0.3, 0.4) is 0 Å². The summed E-state index contributed by atoms with van der Waals surface area (Å²) in [4.78, 5) is 25.7. The van der Waals surface area contributed by atoms with Gasteiger partial charge in [0.15, 0.2) is 11.6 Å². The van der Waals surface area contributed by atoms with Gasteiger partial charge in [0.05, 0.1) is 12.6 Å². The average Bonchev–Trinajstić information content (AvgIpc) is 2.57. The normalized spacial score (nSPS) is 17.0. The number of primary amides is 1. The molecular formula is C18H17F2N3O2. The fourth-order valence-corrected chi connectivity index (χ4v) is 2.98. The van der Waals surface area contributed by atoms with E-state index in [9.17, 15) is 18.4 Å². The molecular weight excluding hydrogens is 328 g/mol. The van der Waals surface area contributed by atoms with Gasteiger partial charge in [-0.2, -0.15) is 0 Å². The average molecular weight is 345 g/mol. The highest BCUT2D eigenvalue weighted by molar-refractivity contribution is 5.93. The van der Waals surface area contributed by atoms with Gasteiger partial charge in [0.2, 0.25) is 11.8 Å². The molecule has 0 fully saturated rings. The van der Waals surface area contributed by atoms with Crippen molar-refractivity contribution in [2.45, 2.75) is 19.0 Å². The second-order valence-corrected chi connectivity index (χ2v) is 5.97. The van der Waals surface area contributed by atoms with Gasteiger partial charge in [0.25, 0.3) is 0 Å². The Morgan fingerprint density at radius 3 is 2.52 bits per heavy atom. The SMILES string of the molecule is NC(=O)[C@@H]1Cc2ccccc2CN1CC(=O)Nc1ccc(F)c(F)c1. The van der Waals surface area contributed by atoms with Crippen molar-refractivity contribution in [2.75, 3.05) is 11.9 Å². The largest absolute Gasteiger partial charge is 0.368 e. The standard InChI is InChI=1S/C18H17F2N3O2/c19-14-6-5-13(8-15(14)20)22-17(24)10-23-9-12-4-2-1-3-11(12)7-16(23)18(21)25/h1-6,8,16H,7,9-10H2,(H2,21,25)(H,22,24)/t16-/m0/s1. The van der Waals surface area contributed by atoms with E-state index in [-0.39, 0.29) is 12.2 Å². The molecule has 2 aromatic rings. The summed E-state index contributed by atoms with van der Waals surface area (Å²) in [6.45, 7) is 0.329. The molecule has 25 heavy (non-hydrogen) atoms. The zero-order chi connectivity index (χ0) is 18.0. The Morgan fingerprint density at radius 2 is 1.84 bits per heavy atom. The Morgan fingerprint density at radius 1 is 1.12 bits per heavy atom. The van der Waals surface area contributed by atoms with Crippen LogP contribution >= 0.6 is 0 Å². The van der Waals surface area contributed by atoms with Crippen LogP contribution < -0.4 is 11.1 Å². The maximum absolute atomic E-state index is 13.2. The molecule has 0 spiro atoms. The number of anilines is 1. The number of nitrogens with two attached hydrogens (primary N) is 1. The highest BCUT2D eigenvalue weighted by Crippen LogP contribution is 2.23. The van der Waals surface area contributed by atoms with Crippen LogP contribution in [-0.2, 0) is 22.6 Å². The van der Waals surface area contributed by atoms with E-state index in [0.717, 1.165) is 23.3 Å². The molecule has 0 saturated heterocycles. The first-order chi connectivity index (χ1) is 11.9. The summed E-state index contributed by atoms with van der Waals surface area (Å²) in [5, 5.41) is 2.50. The number of halogens is 2. The van der Waals surface area contributed by atoms with E-state index < -0.39 is 29.5 Å². The second-order valence-electron chi connectivity index (χ2n) is 5.97. The first-order valence-corrected chi connectivity index (χ1v) is 7.79. The smallest absolute Gasteiger partial charge is 0.238 e. The third-order valence-corrected chi connectivity index (χ3v) is 4.22. The van der Waals surface area contributed by atoms with Gasteiger partial charge in [0.1, 0.15) is 0 Å². The number of benzene rings is 2. The van der Waals surface area contributed by atoms with Crippen LogP contribution in [-0.4, -0.2) is 29.3 Å². The zero-order valence-electron chi connectivity index (χ0n) is 13.3. The molecule has 1 heterocycles. The topological polar surface area (TPSA) is 75.4 Å². The molecule has 1 aliphatic heterocycles. The summed E-state index contributed by atoms with van der Waals surface area (Å²) >= 11 is 0. The van der Waals surface area contributed by atoms with Crippen LogP contribution in [0.25, 0.3) is 0 Å². The lowest BCUT2D eigenvalue weighted by molar-refractivity contribution is -0.125. The van der Waals surface area contributed by atoms with Crippen molar-refractivity contribution in [2.24, 2.45) is 5.73 Å². The summed E-state index contributed by atoms with van der Waals surface area (Å²) in [7, 11) is 0. The van der Waals surface area contributed by atoms with Crippen molar-refractivity contribution in [3.8, 4) is 0 Å². The first-order valence-electron chi connectivity index (χ1n) is 7.79. The minimum absolute atomic E-state index is 0.0824. The van der Waals surface area contributed by atoms with E-state index >= 15 is 0 Å². The van der Waals surface area contributed by atoms with E-state index in [1.165, 1.54) is 6.07 Å². The van der Waals surface area contributed by atoms with Gasteiger partial charge in [-0.05, 0) is 29.7 Å². The van der Waals surface area contributed by atoms with E-state index in [2.05, 4.69) is 5.32 Å². The van der Waals surface area contributed by atoms with Gasteiger partial charge in [-0.25, -0.2) is 8.78 Å². The predicted octanol–water partition coefficient (Wildman–Crippen LogP) is 1.82. The Hall–Kier alpha value is -2.80. The van der Waals surface area contributed by atoms with Crippen LogP contribution in [0.15, 0.2) is 42.5 Å². The number of nitrogens with one attached hydrogen (secondary N) is 1. The molecule has 0 saturated carbocycles. The minimum atomic E-state index is -1.04. The minimum Gasteiger partial charge on any atom is -0.368 e. The van der Waals surface area contributed by atoms with Gasteiger partial charge in [-0.15, -0.1) is 0 Å². The molecule has 7 heteroatoms. The Kier molecular flexibility index (Phi) is 4.76. The van der Waals surface area contributed by atoms with Crippen LogP contribution in [0.1, 0.15) is 11.1 Å². The third-order valence-electron chi connectivity index (χ3n) is 4.22. The number of rotatable bonds is 4. The van der Waals surface area contributed by atoms with Crippen molar-refractivity contribution < 1.29 is 18.4 Å². The maximum Gasteiger partial charge on any atom is 0.238 e. The fourth-order valence-electron chi connectivity index (χ4n) is 2.98. The number of hydrogen-bond acceptors (Lipinski definition) is 3. The lowest BCUT2D eigenvalue weighted by Crippen LogP contribution is -2.50. The van der Waals surface area contributed by atoms with Crippen LogP contribution in [0.5, 0.6) is 0 Å². The van der Waals surface area contributed by atoms with E-state index in [0.29, 0.717) is 13.0 Å². The van der Waals surface area contributed by atoms with Crippen molar-refractivity contribution >= 4 is 17.5 Å². The van der Waals surface area contributed by atoms with E-state index in [1.807, 2.05) is 24.3 Å². The predicted molar refractivity (Wildman–Crippen MR) is 88.5 cm³/mol. The summed E-state index contributed by atoms with van der Waals surface area (Å²) in [5.41, 5.74) is 7.69. The molecule has 3 N–H and O–H groups in total. The third kappa shape index (κ3) is 3.83. The molecule has 3 rings (SSSR count). The molecule has 2 aromatic carbocycles. The number of carbonyl (C=O) groups excluding carboxylic acids is 2. The van der Waals surface area contributed by atoms with Crippen molar-refractivity contribution in [1.29, 1.82) is 0 Å². The monoisotopic (exact) mass is 345 g/mol. The zero-order valence-corrected chi connectivity index (χ0v) is 13.3. The van der Waals surface area contributed by atoms with Crippen molar-refractivity contribution in [3.05, 3.63) is 65.2 Å². The molecule has 1 aliphatic rings. The Balaban J connectivity index is 1.72. The number of fused-ring (bicyclic) bond motifs is 1.